The molecule has 0 aromatic heterocycles. The van der Waals surface area contributed by atoms with E-state index >= 15 is 0 Å². The van der Waals surface area contributed by atoms with E-state index < -0.39 is 11.8 Å². The molecule has 1 fully saturated rings. The third kappa shape index (κ3) is 5.93. The van der Waals surface area contributed by atoms with Crippen LogP contribution < -0.4 is 15.5 Å². The lowest BCUT2D eigenvalue weighted by Gasteiger charge is -2.23. The highest BCUT2D eigenvalue weighted by Crippen LogP contribution is 2.19. The average Bonchev–Trinajstić information content (AvgIpc) is 2.55. The Bertz CT molecular complexity index is 560. The van der Waals surface area contributed by atoms with Gasteiger partial charge < -0.3 is 20.3 Å². The monoisotopic (exact) mass is 384 g/mol. The van der Waals surface area contributed by atoms with Gasteiger partial charge >= 0.3 is 11.8 Å². The van der Waals surface area contributed by atoms with Gasteiger partial charge in [-0.2, -0.15) is 0 Å². The highest BCUT2D eigenvalue weighted by atomic mass is 79.9. The van der Waals surface area contributed by atoms with Crippen molar-refractivity contribution in [3.63, 3.8) is 0 Å². The fraction of sp³-hybridized carbons (Fsp3) is 0.500. The maximum Gasteiger partial charge on any atom is 0.313 e. The minimum Gasteiger partial charge on any atom is -0.370 e. The Morgan fingerprint density at radius 3 is 2.70 bits per heavy atom. The molecule has 0 saturated carbocycles. The number of halogens is 1. The number of morpholine rings is 1. The summed E-state index contributed by atoms with van der Waals surface area (Å²) in [6, 6.07) is 5.41. The summed E-state index contributed by atoms with van der Waals surface area (Å²) < 4.78 is 6.27. The Morgan fingerprint density at radius 2 is 2.00 bits per heavy atom. The molecule has 6 nitrogen and oxygen atoms in total. The second-order valence-electron chi connectivity index (χ2n) is 5.64. The summed E-state index contributed by atoms with van der Waals surface area (Å²) in [6.45, 7) is 7.04. The van der Waals surface area contributed by atoms with Gasteiger partial charge in [-0.15, -0.1) is 0 Å². The second-order valence-corrected chi connectivity index (χ2v) is 6.49. The van der Waals surface area contributed by atoms with Crippen LogP contribution in [-0.2, 0) is 14.3 Å². The molecule has 1 heterocycles. The number of hydrogen-bond donors (Lipinski definition) is 3. The average molecular weight is 385 g/mol. The van der Waals surface area contributed by atoms with E-state index in [0.717, 1.165) is 49.3 Å². The number of hydrogen-bond acceptors (Lipinski definition) is 3. The summed E-state index contributed by atoms with van der Waals surface area (Å²) in [7, 11) is 0. The molecule has 2 amide bonds. The van der Waals surface area contributed by atoms with Gasteiger partial charge in [-0.25, -0.2) is 0 Å². The standard InChI is InChI=1S/C16H22BrN3O3/c1-12-11-13(3-4-14(12)17)19-16(22)15(21)18-5-2-6-20-7-9-23-10-8-20/h3-4,11H,2,5-10H2,1H3,(H,18,21)(H,19,22)/p+1. The first-order chi connectivity index (χ1) is 11.1. The van der Waals surface area contributed by atoms with Crippen molar-refractivity contribution in [2.75, 3.05) is 44.7 Å². The molecule has 1 aliphatic heterocycles. The molecule has 23 heavy (non-hydrogen) atoms. The fourth-order valence-corrected chi connectivity index (χ4v) is 2.69. The normalized spacial score (nSPS) is 15.2. The highest BCUT2D eigenvalue weighted by molar-refractivity contribution is 9.10. The summed E-state index contributed by atoms with van der Waals surface area (Å²) in [5, 5.41) is 5.27. The summed E-state index contributed by atoms with van der Waals surface area (Å²) in [5.74, 6) is -1.23. The largest absolute Gasteiger partial charge is 0.370 e. The van der Waals surface area contributed by atoms with E-state index in [9.17, 15) is 9.59 Å². The van der Waals surface area contributed by atoms with Crippen LogP contribution in [0.5, 0.6) is 0 Å². The molecule has 1 saturated heterocycles. The van der Waals surface area contributed by atoms with Crippen LogP contribution in [0.2, 0.25) is 0 Å². The van der Waals surface area contributed by atoms with Crippen molar-refractivity contribution in [1.82, 2.24) is 5.32 Å². The Balaban J connectivity index is 1.68. The van der Waals surface area contributed by atoms with Gasteiger partial charge in [0.15, 0.2) is 0 Å². The van der Waals surface area contributed by atoms with Gasteiger partial charge in [-0.05, 0) is 30.7 Å². The van der Waals surface area contributed by atoms with Crippen LogP contribution >= 0.6 is 15.9 Å². The molecule has 1 aliphatic rings. The zero-order chi connectivity index (χ0) is 16.7. The lowest BCUT2D eigenvalue weighted by molar-refractivity contribution is -0.908. The number of rotatable bonds is 5. The van der Waals surface area contributed by atoms with Gasteiger partial charge in [0.25, 0.3) is 0 Å². The summed E-state index contributed by atoms with van der Waals surface area (Å²) in [4.78, 5) is 25.1. The van der Waals surface area contributed by atoms with Crippen LogP contribution in [-0.4, -0.2) is 51.2 Å². The molecule has 1 aromatic carbocycles. The van der Waals surface area contributed by atoms with Crippen LogP contribution in [0.1, 0.15) is 12.0 Å². The molecule has 126 valence electrons. The Hall–Kier alpha value is -1.44. The number of nitrogens with one attached hydrogen (secondary N) is 3. The van der Waals surface area contributed by atoms with Crippen LogP contribution in [0.3, 0.4) is 0 Å². The predicted octanol–water partition coefficient (Wildman–Crippen LogP) is 0.117. The lowest BCUT2D eigenvalue weighted by atomic mass is 10.2. The molecule has 7 heteroatoms. The van der Waals surface area contributed by atoms with Gasteiger partial charge in [-0.3, -0.25) is 9.59 Å². The molecule has 2 rings (SSSR count). The number of amides is 2. The second kappa shape index (κ2) is 9.00. The van der Waals surface area contributed by atoms with Crippen molar-refractivity contribution < 1.29 is 19.2 Å². The number of ether oxygens (including phenoxy) is 1. The van der Waals surface area contributed by atoms with Crippen LogP contribution in [0.15, 0.2) is 22.7 Å². The van der Waals surface area contributed by atoms with Gasteiger partial charge in [0.1, 0.15) is 13.1 Å². The van der Waals surface area contributed by atoms with E-state index in [0.29, 0.717) is 12.2 Å². The summed E-state index contributed by atoms with van der Waals surface area (Å²) in [5.41, 5.74) is 1.61. The zero-order valence-electron chi connectivity index (χ0n) is 13.3. The van der Waals surface area contributed by atoms with E-state index in [-0.39, 0.29) is 0 Å². The number of carbonyl (C=O) groups is 2. The van der Waals surface area contributed by atoms with Gasteiger partial charge in [0.2, 0.25) is 0 Å². The smallest absolute Gasteiger partial charge is 0.313 e. The van der Waals surface area contributed by atoms with E-state index in [4.69, 9.17) is 4.74 Å². The van der Waals surface area contributed by atoms with Crippen molar-refractivity contribution in [1.29, 1.82) is 0 Å². The van der Waals surface area contributed by atoms with E-state index in [2.05, 4.69) is 26.6 Å². The molecule has 0 radical (unpaired) electrons. The first kappa shape index (κ1) is 17.9. The molecule has 0 spiro atoms. The first-order valence-electron chi connectivity index (χ1n) is 7.83. The molecule has 1 aromatic rings. The number of benzene rings is 1. The van der Waals surface area contributed by atoms with Gasteiger partial charge in [-0.1, -0.05) is 15.9 Å². The van der Waals surface area contributed by atoms with Crippen molar-refractivity contribution in [2.45, 2.75) is 13.3 Å². The topological polar surface area (TPSA) is 71.9 Å². The maximum atomic E-state index is 11.8. The SMILES string of the molecule is Cc1cc(NC(=O)C(=O)NCCC[NH+]2CCOCC2)ccc1Br. The maximum absolute atomic E-state index is 11.8. The first-order valence-corrected chi connectivity index (χ1v) is 8.62. The molecule has 0 unspecified atom stereocenters. The predicted molar refractivity (Wildman–Crippen MR) is 91.5 cm³/mol. The van der Waals surface area contributed by atoms with Crippen LogP contribution in [0, 0.1) is 6.92 Å². The fourth-order valence-electron chi connectivity index (χ4n) is 2.44. The third-order valence-electron chi connectivity index (χ3n) is 3.81. The van der Waals surface area contributed by atoms with Crippen molar-refractivity contribution in [3.05, 3.63) is 28.2 Å². The quantitative estimate of drug-likeness (QED) is 0.498. The van der Waals surface area contributed by atoms with Gasteiger partial charge in [0, 0.05) is 23.1 Å². The van der Waals surface area contributed by atoms with E-state index in [1.165, 1.54) is 4.90 Å². The number of anilines is 1. The molecule has 0 bridgehead atoms. The highest BCUT2D eigenvalue weighted by Gasteiger charge is 2.15. The van der Waals surface area contributed by atoms with Crippen LogP contribution in [0.4, 0.5) is 5.69 Å². The summed E-state index contributed by atoms with van der Waals surface area (Å²) in [6.07, 6.45) is 0.853. The minimum atomic E-state index is -0.634. The molecular formula is C16H23BrN3O3+. The van der Waals surface area contributed by atoms with Crippen molar-refractivity contribution >= 4 is 33.4 Å². The lowest BCUT2D eigenvalue weighted by Crippen LogP contribution is -3.14. The number of carbonyl (C=O) groups excluding carboxylic acids is 2. The van der Waals surface area contributed by atoms with Crippen molar-refractivity contribution in [3.8, 4) is 0 Å². The van der Waals surface area contributed by atoms with E-state index in [1.54, 1.807) is 6.07 Å². The van der Waals surface area contributed by atoms with E-state index in [1.807, 2.05) is 19.1 Å². The number of aryl methyl sites for hydroxylation is 1. The molecule has 0 aliphatic carbocycles. The minimum absolute atomic E-state index is 0.510. The Kier molecular flexibility index (Phi) is 7.01. The Morgan fingerprint density at radius 1 is 1.26 bits per heavy atom. The zero-order valence-corrected chi connectivity index (χ0v) is 14.9. The third-order valence-corrected chi connectivity index (χ3v) is 4.70. The number of quaternary nitrogens is 1. The molecule has 3 N–H and O–H groups in total. The summed E-state index contributed by atoms with van der Waals surface area (Å²) >= 11 is 3.40. The molecular weight excluding hydrogens is 362 g/mol. The Labute approximate surface area is 144 Å². The molecule has 0 atom stereocenters. The van der Waals surface area contributed by atoms with Crippen molar-refractivity contribution in [2.24, 2.45) is 0 Å². The van der Waals surface area contributed by atoms with Crippen LogP contribution in [0.25, 0.3) is 0 Å². The van der Waals surface area contributed by atoms with Gasteiger partial charge in [0.05, 0.1) is 19.8 Å².